The maximum atomic E-state index is 13.8. The number of nitrogens with zero attached hydrogens (tertiary/aromatic N) is 1. The van der Waals surface area contributed by atoms with E-state index in [1.54, 1.807) is 43.4 Å². The minimum absolute atomic E-state index is 0.0281. The molecule has 190 valence electrons. The maximum Gasteiger partial charge on any atom is 0.201 e. The van der Waals surface area contributed by atoms with Crippen molar-refractivity contribution >= 4 is 40.5 Å². The summed E-state index contributed by atoms with van der Waals surface area (Å²) in [5.41, 5.74) is 1.68. The Morgan fingerprint density at radius 2 is 1.81 bits per heavy atom. The number of rotatable bonds is 11. The maximum absolute atomic E-state index is 13.8. The molecule has 1 aliphatic heterocycles. The van der Waals surface area contributed by atoms with Gasteiger partial charge in [0.1, 0.15) is 5.57 Å². The summed E-state index contributed by atoms with van der Waals surface area (Å²) < 4.78 is 11.2. The zero-order valence-electron chi connectivity index (χ0n) is 20.1. The third kappa shape index (κ3) is 6.16. The summed E-state index contributed by atoms with van der Waals surface area (Å²) in [4.78, 5) is 28.6. The fraction of sp³-hybridized carbons (Fsp3) is 0.370. The van der Waals surface area contributed by atoms with Gasteiger partial charge in [-0.2, -0.15) is 0 Å². The number of morpholine rings is 1. The van der Waals surface area contributed by atoms with E-state index >= 15 is 0 Å². The molecule has 1 aliphatic carbocycles. The van der Waals surface area contributed by atoms with Gasteiger partial charge in [0.25, 0.3) is 0 Å². The van der Waals surface area contributed by atoms with Crippen molar-refractivity contribution in [3.8, 4) is 0 Å². The molecule has 0 spiro atoms. The van der Waals surface area contributed by atoms with Crippen LogP contribution in [-0.2, 0) is 16.0 Å². The monoisotopic (exact) mass is 529 g/mol. The lowest BCUT2D eigenvalue weighted by molar-refractivity contribution is 0.0342. The number of carbonyl (C=O) groups is 2. The van der Waals surface area contributed by atoms with Crippen LogP contribution in [0.5, 0.6) is 0 Å². The van der Waals surface area contributed by atoms with Gasteiger partial charge >= 0.3 is 0 Å². The van der Waals surface area contributed by atoms with Crippen molar-refractivity contribution in [2.75, 3.05) is 40.0 Å². The summed E-state index contributed by atoms with van der Waals surface area (Å²) in [6.07, 6.45) is 1.65. The zero-order chi connectivity index (χ0) is 25.7. The number of allylic oxidation sites excluding steroid dienone is 1. The van der Waals surface area contributed by atoms with Gasteiger partial charge in [-0.1, -0.05) is 53.5 Å². The first kappa shape index (κ1) is 26.4. The van der Waals surface area contributed by atoms with Crippen molar-refractivity contribution in [3.05, 3.63) is 80.7 Å². The van der Waals surface area contributed by atoms with Crippen LogP contribution in [0.2, 0.25) is 10.0 Å². The molecule has 0 bridgehead atoms. The molecule has 0 radical (unpaired) electrons. The smallest absolute Gasteiger partial charge is 0.201 e. The highest BCUT2D eigenvalue weighted by Gasteiger charge is 2.35. The van der Waals surface area contributed by atoms with Gasteiger partial charge < -0.3 is 20.2 Å². The largest absolute Gasteiger partial charge is 0.470 e. The molecular formula is C27H29Cl2N3O4. The number of nitrogens with one attached hydrogen (secondary N) is 2. The van der Waals surface area contributed by atoms with Crippen molar-refractivity contribution in [2.24, 2.45) is 5.92 Å². The molecule has 2 aliphatic rings. The van der Waals surface area contributed by atoms with E-state index in [-0.39, 0.29) is 46.1 Å². The molecule has 2 N–H and O–H groups in total. The van der Waals surface area contributed by atoms with Crippen LogP contribution in [0.1, 0.15) is 39.1 Å². The molecular weight excluding hydrogens is 501 g/mol. The number of carbonyl (C=O) groups excluding carboxylic acids is 2. The van der Waals surface area contributed by atoms with Gasteiger partial charge in [0, 0.05) is 54.3 Å². The van der Waals surface area contributed by atoms with E-state index in [1.165, 1.54) is 0 Å². The quantitative estimate of drug-likeness (QED) is 0.188. The van der Waals surface area contributed by atoms with E-state index in [9.17, 15) is 9.59 Å². The highest BCUT2D eigenvalue weighted by Crippen LogP contribution is 2.36. The van der Waals surface area contributed by atoms with E-state index in [4.69, 9.17) is 38.1 Å². The summed E-state index contributed by atoms with van der Waals surface area (Å²) in [7, 11) is 1.60. The first-order valence-corrected chi connectivity index (χ1v) is 12.7. The normalized spacial score (nSPS) is 16.8. The van der Waals surface area contributed by atoms with Gasteiger partial charge in [0.15, 0.2) is 18.3 Å². The first-order valence-electron chi connectivity index (χ1n) is 11.9. The number of hydrogen-bond acceptors (Lipinski definition) is 7. The van der Waals surface area contributed by atoms with Gasteiger partial charge in [0.2, 0.25) is 5.78 Å². The average Bonchev–Trinajstić information content (AvgIpc) is 3.75. The van der Waals surface area contributed by atoms with Gasteiger partial charge in [-0.3, -0.25) is 14.5 Å². The molecule has 1 saturated carbocycles. The molecule has 2 aromatic carbocycles. The second-order valence-electron chi connectivity index (χ2n) is 8.83. The predicted molar refractivity (Wildman–Crippen MR) is 140 cm³/mol. The number of hydrogen-bond donors (Lipinski definition) is 2. The van der Waals surface area contributed by atoms with Crippen molar-refractivity contribution in [1.29, 1.82) is 5.41 Å². The predicted octanol–water partition coefficient (Wildman–Crippen LogP) is 4.77. The Balaban J connectivity index is 1.64. The standard InChI is InChI=1S/C27H29Cl2N3O4/c1-31-27(36-16-22(33)17-5-3-2-4-6-17)23(25(30)18-7-8-18)26(34)19-9-10-21(28)20(24(19)29)15-32-11-13-35-14-12-32/h2-6,9-10,18,30-31H,7-8,11-16H2,1H3/b27-23-,30-25?. The van der Waals surface area contributed by atoms with Crippen molar-refractivity contribution < 1.29 is 19.1 Å². The Kier molecular flexibility index (Phi) is 8.80. The SMILES string of the molecule is CN/C(OCC(=O)c1ccccc1)=C(\C(=N)C1CC1)C(=O)c1ccc(Cl)c(CN2CCOCC2)c1Cl. The minimum atomic E-state index is -0.437. The van der Waals surface area contributed by atoms with Crippen LogP contribution in [-0.4, -0.2) is 62.1 Å². The van der Waals surface area contributed by atoms with Crippen LogP contribution in [0.3, 0.4) is 0 Å². The number of halogens is 2. The zero-order valence-corrected chi connectivity index (χ0v) is 21.6. The van der Waals surface area contributed by atoms with Crippen molar-refractivity contribution in [1.82, 2.24) is 10.2 Å². The molecule has 0 aromatic heterocycles. The Hall–Kier alpha value is -2.71. The van der Waals surface area contributed by atoms with Gasteiger partial charge in [-0.25, -0.2) is 0 Å². The molecule has 2 fully saturated rings. The highest BCUT2D eigenvalue weighted by atomic mass is 35.5. The van der Waals surface area contributed by atoms with E-state index in [1.807, 2.05) is 6.07 Å². The third-order valence-electron chi connectivity index (χ3n) is 6.30. The molecule has 1 heterocycles. The van der Waals surface area contributed by atoms with Crippen LogP contribution < -0.4 is 5.32 Å². The molecule has 4 rings (SSSR count). The number of Topliss-reactive ketones (excluding diaryl/α,β-unsaturated/α-hetero) is 2. The Labute approximate surface area is 220 Å². The summed E-state index contributed by atoms with van der Waals surface area (Å²) in [6, 6.07) is 12.0. The lowest BCUT2D eigenvalue weighted by Gasteiger charge is -2.27. The minimum Gasteiger partial charge on any atom is -0.470 e. The fourth-order valence-electron chi connectivity index (χ4n) is 4.07. The number of ether oxygens (including phenoxy) is 2. The molecule has 0 unspecified atom stereocenters. The first-order chi connectivity index (χ1) is 17.4. The molecule has 1 saturated heterocycles. The van der Waals surface area contributed by atoms with Crippen LogP contribution in [0.15, 0.2) is 53.9 Å². The van der Waals surface area contributed by atoms with E-state index in [0.717, 1.165) is 25.9 Å². The molecule has 7 nitrogen and oxygen atoms in total. The van der Waals surface area contributed by atoms with Gasteiger partial charge in [-0.05, 0) is 25.0 Å². The van der Waals surface area contributed by atoms with Gasteiger partial charge in [0.05, 0.1) is 23.9 Å². The summed E-state index contributed by atoms with van der Waals surface area (Å²) in [6.45, 7) is 2.96. The Morgan fingerprint density at radius 3 is 2.44 bits per heavy atom. The van der Waals surface area contributed by atoms with E-state index in [0.29, 0.717) is 35.9 Å². The fourth-order valence-corrected chi connectivity index (χ4v) is 4.65. The molecule has 0 amide bonds. The van der Waals surface area contributed by atoms with Crippen LogP contribution in [0, 0.1) is 11.3 Å². The van der Waals surface area contributed by atoms with Crippen LogP contribution >= 0.6 is 23.2 Å². The second-order valence-corrected chi connectivity index (χ2v) is 9.61. The second kappa shape index (κ2) is 12.0. The van der Waals surface area contributed by atoms with Crippen LogP contribution in [0.25, 0.3) is 0 Å². The Bertz CT molecular complexity index is 1170. The van der Waals surface area contributed by atoms with Gasteiger partial charge in [-0.15, -0.1) is 0 Å². The molecule has 0 atom stereocenters. The Morgan fingerprint density at radius 1 is 1.11 bits per heavy atom. The lowest BCUT2D eigenvalue weighted by Crippen LogP contribution is -2.35. The molecule has 2 aromatic rings. The topological polar surface area (TPSA) is 91.7 Å². The molecule has 36 heavy (non-hydrogen) atoms. The number of ketones is 2. The van der Waals surface area contributed by atoms with Crippen molar-refractivity contribution in [3.63, 3.8) is 0 Å². The van der Waals surface area contributed by atoms with Crippen molar-refractivity contribution in [2.45, 2.75) is 19.4 Å². The summed E-state index contributed by atoms with van der Waals surface area (Å²) in [5.74, 6) is -0.611. The molecule has 9 heteroatoms. The average molecular weight is 530 g/mol. The summed E-state index contributed by atoms with van der Waals surface area (Å²) >= 11 is 13.2. The van der Waals surface area contributed by atoms with Crippen LogP contribution in [0.4, 0.5) is 0 Å². The highest BCUT2D eigenvalue weighted by molar-refractivity contribution is 6.40. The van der Waals surface area contributed by atoms with E-state index in [2.05, 4.69) is 10.2 Å². The third-order valence-corrected chi connectivity index (χ3v) is 7.08. The van der Waals surface area contributed by atoms with E-state index < -0.39 is 5.78 Å². The number of benzene rings is 2. The summed E-state index contributed by atoms with van der Waals surface area (Å²) in [5, 5.41) is 12.3. The lowest BCUT2D eigenvalue weighted by atomic mass is 9.95.